The van der Waals surface area contributed by atoms with Crippen molar-refractivity contribution in [2.45, 2.75) is 12.5 Å². The van der Waals surface area contributed by atoms with Gasteiger partial charge in [0.15, 0.2) is 0 Å². The number of alkyl halides is 2. The standard InChI is InChI=1S/C10H12Br2F2N2S/c11-6-5-7(17-9(6)12)8(10(13)14)16-3-1-15-2-4-16/h5,8,10,15H,1-4H2/t8-/m0/s1. The van der Waals surface area contributed by atoms with Crippen LogP contribution in [0.15, 0.2) is 14.3 Å². The average Bonchev–Trinajstić information content (AvgIpc) is 2.60. The Morgan fingerprint density at radius 3 is 2.41 bits per heavy atom. The van der Waals surface area contributed by atoms with Gasteiger partial charge in [-0.05, 0) is 37.9 Å². The Hall–Kier alpha value is 0.440. The number of hydrogen-bond donors (Lipinski definition) is 1. The molecule has 1 saturated heterocycles. The minimum absolute atomic E-state index is 0.669. The van der Waals surface area contributed by atoms with E-state index in [1.807, 2.05) is 4.90 Å². The molecule has 17 heavy (non-hydrogen) atoms. The quantitative estimate of drug-likeness (QED) is 0.851. The van der Waals surface area contributed by atoms with Crippen LogP contribution in [0.3, 0.4) is 0 Å². The Kier molecular flexibility index (Phi) is 4.94. The summed E-state index contributed by atoms with van der Waals surface area (Å²) < 4.78 is 28.2. The van der Waals surface area contributed by atoms with E-state index in [9.17, 15) is 8.78 Å². The maximum atomic E-state index is 13.2. The number of piperazine rings is 1. The Balaban J connectivity index is 2.21. The number of hydrogen-bond acceptors (Lipinski definition) is 3. The van der Waals surface area contributed by atoms with Gasteiger partial charge in [0.25, 0.3) is 6.43 Å². The molecule has 1 aromatic heterocycles. The van der Waals surface area contributed by atoms with Gasteiger partial charge in [-0.3, -0.25) is 4.90 Å². The minimum Gasteiger partial charge on any atom is -0.314 e. The van der Waals surface area contributed by atoms with E-state index in [1.165, 1.54) is 11.3 Å². The van der Waals surface area contributed by atoms with Crippen molar-refractivity contribution in [3.63, 3.8) is 0 Å². The summed E-state index contributed by atoms with van der Waals surface area (Å²) in [5.41, 5.74) is 0. The molecule has 0 amide bonds. The van der Waals surface area contributed by atoms with Crippen LogP contribution < -0.4 is 5.32 Å². The lowest BCUT2D eigenvalue weighted by molar-refractivity contribution is 0.0200. The van der Waals surface area contributed by atoms with Crippen LogP contribution in [0.5, 0.6) is 0 Å². The summed E-state index contributed by atoms with van der Waals surface area (Å²) in [7, 11) is 0. The predicted molar refractivity (Wildman–Crippen MR) is 72.9 cm³/mol. The molecule has 1 aliphatic rings. The van der Waals surface area contributed by atoms with E-state index in [1.54, 1.807) is 6.07 Å². The highest BCUT2D eigenvalue weighted by molar-refractivity contribution is 9.13. The summed E-state index contributed by atoms with van der Waals surface area (Å²) >= 11 is 8.07. The van der Waals surface area contributed by atoms with Crippen molar-refractivity contribution in [1.29, 1.82) is 0 Å². The summed E-state index contributed by atoms with van der Waals surface area (Å²) in [5.74, 6) is 0. The molecular weight excluding hydrogens is 378 g/mol. The molecule has 0 aliphatic carbocycles. The second-order valence-corrected chi connectivity index (χ2v) is 7.09. The molecule has 0 unspecified atom stereocenters. The SMILES string of the molecule is FC(F)[C@H](c1cc(Br)c(Br)s1)N1CCNCC1. The van der Waals surface area contributed by atoms with Crippen LogP contribution in [-0.4, -0.2) is 37.5 Å². The molecule has 0 aromatic carbocycles. The molecule has 1 N–H and O–H groups in total. The summed E-state index contributed by atoms with van der Waals surface area (Å²) in [6.07, 6.45) is -2.36. The fourth-order valence-electron chi connectivity index (χ4n) is 1.93. The highest BCUT2D eigenvalue weighted by Crippen LogP contribution is 2.39. The lowest BCUT2D eigenvalue weighted by Crippen LogP contribution is -2.46. The van der Waals surface area contributed by atoms with E-state index < -0.39 is 12.5 Å². The number of nitrogens with one attached hydrogen (secondary N) is 1. The number of thiophene rings is 1. The molecule has 0 radical (unpaired) electrons. The van der Waals surface area contributed by atoms with Gasteiger partial charge >= 0.3 is 0 Å². The maximum Gasteiger partial charge on any atom is 0.258 e. The first kappa shape index (κ1) is 13.9. The summed E-state index contributed by atoms with van der Waals surface area (Å²) in [6.45, 7) is 2.89. The maximum absolute atomic E-state index is 13.2. The van der Waals surface area contributed by atoms with Crippen LogP contribution in [0.2, 0.25) is 0 Å². The number of nitrogens with zero attached hydrogens (tertiary/aromatic N) is 1. The number of rotatable bonds is 3. The third kappa shape index (κ3) is 3.26. The van der Waals surface area contributed by atoms with E-state index in [0.29, 0.717) is 18.0 Å². The Morgan fingerprint density at radius 1 is 1.29 bits per heavy atom. The van der Waals surface area contributed by atoms with Crippen molar-refractivity contribution in [3.05, 3.63) is 19.2 Å². The van der Waals surface area contributed by atoms with Crippen molar-refractivity contribution in [2.75, 3.05) is 26.2 Å². The first-order valence-electron chi connectivity index (χ1n) is 5.27. The highest BCUT2D eigenvalue weighted by Gasteiger charge is 2.31. The Labute approximate surface area is 120 Å². The zero-order valence-electron chi connectivity index (χ0n) is 8.93. The van der Waals surface area contributed by atoms with Crippen molar-refractivity contribution in [2.24, 2.45) is 0 Å². The van der Waals surface area contributed by atoms with Crippen LogP contribution in [0.25, 0.3) is 0 Å². The van der Waals surface area contributed by atoms with Crippen LogP contribution in [-0.2, 0) is 0 Å². The molecule has 0 saturated carbocycles. The zero-order chi connectivity index (χ0) is 12.4. The van der Waals surface area contributed by atoms with Crippen molar-refractivity contribution >= 4 is 43.2 Å². The molecular formula is C10H12Br2F2N2S. The molecule has 1 aromatic rings. The Bertz CT molecular complexity index is 361. The molecule has 1 fully saturated rings. The molecule has 7 heteroatoms. The van der Waals surface area contributed by atoms with Gasteiger partial charge in [0, 0.05) is 35.5 Å². The van der Waals surface area contributed by atoms with Gasteiger partial charge in [-0.1, -0.05) is 0 Å². The summed E-state index contributed by atoms with van der Waals surface area (Å²) in [4.78, 5) is 2.56. The van der Waals surface area contributed by atoms with Gasteiger partial charge in [0.1, 0.15) is 6.04 Å². The molecule has 2 heterocycles. The van der Waals surface area contributed by atoms with Crippen molar-refractivity contribution in [3.8, 4) is 0 Å². The molecule has 0 spiro atoms. The second-order valence-electron chi connectivity index (χ2n) is 3.84. The van der Waals surface area contributed by atoms with Gasteiger partial charge in [0.05, 0.1) is 3.79 Å². The molecule has 1 atom stereocenters. The molecule has 96 valence electrons. The van der Waals surface area contributed by atoms with Gasteiger partial charge < -0.3 is 5.32 Å². The van der Waals surface area contributed by atoms with E-state index in [2.05, 4.69) is 37.2 Å². The topological polar surface area (TPSA) is 15.3 Å². The highest BCUT2D eigenvalue weighted by atomic mass is 79.9. The fraction of sp³-hybridized carbons (Fsp3) is 0.600. The van der Waals surface area contributed by atoms with Gasteiger partial charge in [-0.25, -0.2) is 8.78 Å². The smallest absolute Gasteiger partial charge is 0.258 e. The lowest BCUT2D eigenvalue weighted by atomic mass is 10.2. The van der Waals surface area contributed by atoms with Crippen LogP contribution in [0.1, 0.15) is 10.9 Å². The van der Waals surface area contributed by atoms with Crippen molar-refractivity contribution < 1.29 is 8.78 Å². The van der Waals surface area contributed by atoms with Crippen molar-refractivity contribution in [1.82, 2.24) is 10.2 Å². The number of halogens is 4. The summed E-state index contributed by atoms with van der Waals surface area (Å²) in [5, 5.41) is 3.17. The zero-order valence-corrected chi connectivity index (χ0v) is 12.9. The van der Waals surface area contributed by atoms with Crippen LogP contribution >= 0.6 is 43.2 Å². The van der Waals surface area contributed by atoms with Gasteiger partial charge in [-0.15, -0.1) is 11.3 Å². The first-order valence-corrected chi connectivity index (χ1v) is 7.67. The monoisotopic (exact) mass is 388 g/mol. The Morgan fingerprint density at radius 2 is 1.94 bits per heavy atom. The van der Waals surface area contributed by atoms with E-state index >= 15 is 0 Å². The van der Waals surface area contributed by atoms with Crippen LogP contribution in [0, 0.1) is 0 Å². The van der Waals surface area contributed by atoms with E-state index in [4.69, 9.17) is 0 Å². The normalized spacial score (nSPS) is 19.8. The van der Waals surface area contributed by atoms with Crippen LogP contribution in [0.4, 0.5) is 8.78 Å². The average molecular weight is 390 g/mol. The largest absolute Gasteiger partial charge is 0.314 e. The second kappa shape index (κ2) is 6.06. The van der Waals surface area contributed by atoms with Gasteiger partial charge in [-0.2, -0.15) is 0 Å². The predicted octanol–water partition coefficient (Wildman–Crippen LogP) is 3.48. The van der Waals surface area contributed by atoms with E-state index in [-0.39, 0.29) is 0 Å². The molecule has 2 rings (SSSR count). The molecule has 1 aliphatic heterocycles. The third-order valence-corrected chi connectivity index (χ3v) is 6.07. The first-order chi connectivity index (χ1) is 8.09. The minimum atomic E-state index is -2.36. The van der Waals surface area contributed by atoms with E-state index in [0.717, 1.165) is 21.3 Å². The third-order valence-electron chi connectivity index (χ3n) is 2.74. The lowest BCUT2D eigenvalue weighted by Gasteiger charge is -2.33. The van der Waals surface area contributed by atoms with Gasteiger partial charge in [0.2, 0.25) is 0 Å². The fourth-order valence-corrected chi connectivity index (χ4v) is 4.16. The molecule has 2 nitrogen and oxygen atoms in total. The summed E-state index contributed by atoms with van der Waals surface area (Å²) in [6, 6.07) is 0.998. The molecule has 0 bridgehead atoms.